The molecular formula is C16H19ClN2O4. The van der Waals surface area contributed by atoms with Crippen molar-refractivity contribution in [2.75, 3.05) is 25.5 Å². The third-order valence-electron chi connectivity index (χ3n) is 3.90. The third-order valence-corrected chi connectivity index (χ3v) is 4.23. The number of anilines is 1. The maximum Gasteiger partial charge on any atom is 0.337 e. The standard InChI is InChI=1S/C16H19ClN2O4/c1-10-5-7-19(8-6-10)15(21)14(20)18-13-9-11(16(22)23-2)3-4-12(13)17/h3-4,9-10H,5-8H2,1-2H3,(H,18,20). The number of likely N-dealkylation sites (tertiary alicyclic amines) is 1. The minimum Gasteiger partial charge on any atom is -0.465 e. The van der Waals surface area contributed by atoms with Gasteiger partial charge >= 0.3 is 17.8 Å². The fraction of sp³-hybridized carbons (Fsp3) is 0.438. The molecule has 7 heteroatoms. The van der Waals surface area contributed by atoms with Crippen molar-refractivity contribution in [3.8, 4) is 0 Å². The van der Waals surface area contributed by atoms with Gasteiger partial charge in [0.2, 0.25) is 0 Å². The predicted molar refractivity (Wildman–Crippen MR) is 86.4 cm³/mol. The van der Waals surface area contributed by atoms with Crippen LogP contribution in [0.5, 0.6) is 0 Å². The summed E-state index contributed by atoms with van der Waals surface area (Å²) < 4.78 is 4.62. The first kappa shape index (κ1) is 17.3. The van der Waals surface area contributed by atoms with Crippen LogP contribution in [0.25, 0.3) is 0 Å². The lowest BCUT2D eigenvalue weighted by atomic mass is 9.99. The number of nitrogens with zero attached hydrogens (tertiary/aromatic N) is 1. The Hall–Kier alpha value is -2.08. The smallest absolute Gasteiger partial charge is 0.337 e. The molecule has 0 radical (unpaired) electrons. The minimum atomic E-state index is -0.761. The molecule has 2 amide bonds. The number of benzene rings is 1. The van der Waals surface area contributed by atoms with E-state index in [1.807, 2.05) is 0 Å². The summed E-state index contributed by atoms with van der Waals surface area (Å²) in [6, 6.07) is 4.34. The fourth-order valence-electron chi connectivity index (χ4n) is 2.40. The van der Waals surface area contributed by atoms with E-state index < -0.39 is 17.8 Å². The Labute approximate surface area is 139 Å². The monoisotopic (exact) mass is 338 g/mol. The molecule has 1 aromatic carbocycles. The molecule has 1 N–H and O–H groups in total. The molecule has 1 saturated heterocycles. The Balaban J connectivity index is 2.07. The van der Waals surface area contributed by atoms with Crippen LogP contribution in [0.1, 0.15) is 30.1 Å². The van der Waals surface area contributed by atoms with Gasteiger partial charge in [0.25, 0.3) is 0 Å². The number of methoxy groups -OCH3 is 1. The first-order chi connectivity index (χ1) is 10.9. The van der Waals surface area contributed by atoms with Crippen LogP contribution < -0.4 is 5.32 Å². The molecule has 2 rings (SSSR count). The Bertz CT molecular complexity index is 625. The molecule has 0 unspecified atom stereocenters. The van der Waals surface area contributed by atoms with Crippen molar-refractivity contribution in [3.63, 3.8) is 0 Å². The lowest BCUT2D eigenvalue weighted by molar-refractivity contribution is -0.144. The number of carbonyl (C=O) groups excluding carboxylic acids is 3. The molecule has 0 bridgehead atoms. The topological polar surface area (TPSA) is 75.7 Å². The van der Waals surface area contributed by atoms with Gasteiger partial charge in [0, 0.05) is 13.1 Å². The van der Waals surface area contributed by atoms with E-state index in [9.17, 15) is 14.4 Å². The van der Waals surface area contributed by atoms with Crippen molar-refractivity contribution in [1.82, 2.24) is 4.90 Å². The summed E-state index contributed by atoms with van der Waals surface area (Å²) in [5, 5.41) is 2.71. The maximum atomic E-state index is 12.2. The Morgan fingerprint density at radius 2 is 1.91 bits per heavy atom. The molecule has 0 spiro atoms. The van der Waals surface area contributed by atoms with Crippen molar-refractivity contribution in [2.45, 2.75) is 19.8 Å². The lowest BCUT2D eigenvalue weighted by Gasteiger charge is -2.29. The zero-order chi connectivity index (χ0) is 17.0. The van der Waals surface area contributed by atoms with Crippen LogP contribution >= 0.6 is 11.6 Å². The second-order valence-electron chi connectivity index (χ2n) is 5.62. The van der Waals surface area contributed by atoms with Gasteiger partial charge in [0.15, 0.2) is 0 Å². The summed E-state index contributed by atoms with van der Waals surface area (Å²) >= 11 is 6.01. The second-order valence-corrected chi connectivity index (χ2v) is 6.02. The van der Waals surface area contributed by atoms with Crippen molar-refractivity contribution >= 4 is 35.1 Å². The molecule has 0 aromatic heterocycles. The Kier molecular flexibility index (Phi) is 5.60. The highest BCUT2D eigenvalue weighted by Gasteiger charge is 2.26. The molecule has 6 nitrogen and oxygen atoms in total. The molecule has 0 aliphatic carbocycles. The molecule has 0 atom stereocenters. The van der Waals surface area contributed by atoms with Gasteiger partial charge in [-0.1, -0.05) is 18.5 Å². The number of amides is 2. The summed E-state index contributed by atoms with van der Waals surface area (Å²) in [5.41, 5.74) is 0.449. The highest BCUT2D eigenvalue weighted by atomic mass is 35.5. The Morgan fingerprint density at radius 1 is 1.26 bits per heavy atom. The van der Waals surface area contributed by atoms with Gasteiger partial charge in [-0.2, -0.15) is 0 Å². The largest absolute Gasteiger partial charge is 0.465 e. The van der Waals surface area contributed by atoms with Gasteiger partial charge in [-0.05, 0) is 37.0 Å². The number of halogens is 1. The van der Waals surface area contributed by atoms with E-state index >= 15 is 0 Å². The van der Waals surface area contributed by atoms with Gasteiger partial charge < -0.3 is 15.0 Å². The van der Waals surface area contributed by atoms with Crippen LogP contribution in [0.3, 0.4) is 0 Å². The molecule has 0 saturated carbocycles. The van der Waals surface area contributed by atoms with E-state index in [-0.39, 0.29) is 16.3 Å². The molecule has 1 aromatic rings. The first-order valence-corrected chi connectivity index (χ1v) is 7.78. The molecule has 1 aliphatic rings. The van der Waals surface area contributed by atoms with Gasteiger partial charge in [-0.15, -0.1) is 0 Å². The van der Waals surface area contributed by atoms with Gasteiger partial charge in [-0.25, -0.2) is 4.79 Å². The number of nitrogens with one attached hydrogen (secondary N) is 1. The zero-order valence-corrected chi connectivity index (χ0v) is 13.9. The normalized spacial score (nSPS) is 15.2. The van der Waals surface area contributed by atoms with Crippen LogP contribution in [0.2, 0.25) is 5.02 Å². The van der Waals surface area contributed by atoms with E-state index in [2.05, 4.69) is 17.0 Å². The fourth-order valence-corrected chi connectivity index (χ4v) is 2.56. The van der Waals surface area contributed by atoms with Gasteiger partial charge in [0.1, 0.15) is 0 Å². The first-order valence-electron chi connectivity index (χ1n) is 7.40. The van der Waals surface area contributed by atoms with E-state index in [1.54, 1.807) is 0 Å². The van der Waals surface area contributed by atoms with Gasteiger partial charge in [-0.3, -0.25) is 9.59 Å². The average molecular weight is 339 g/mol. The van der Waals surface area contributed by atoms with Crippen LogP contribution in [0.15, 0.2) is 18.2 Å². The quantitative estimate of drug-likeness (QED) is 0.663. The summed E-state index contributed by atoms with van der Waals surface area (Å²) in [5.74, 6) is -1.33. The van der Waals surface area contributed by atoms with Crippen molar-refractivity contribution in [2.24, 2.45) is 5.92 Å². The van der Waals surface area contributed by atoms with Gasteiger partial charge in [0.05, 0.1) is 23.4 Å². The second kappa shape index (κ2) is 7.46. The highest BCUT2D eigenvalue weighted by Crippen LogP contribution is 2.24. The molecule has 1 fully saturated rings. The van der Waals surface area contributed by atoms with E-state index in [0.717, 1.165) is 12.8 Å². The highest BCUT2D eigenvalue weighted by molar-refractivity contribution is 6.41. The van der Waals surface area contributed by atoms with Crippen molar-refractivity contribution in [1.29, 1.82) is 0 Å². The molecular weight excluding hydrogens is 320 g/mol. The SMILES string of the molecule is COC(=O)c1ccc(Cl)c(NC(=O)C(=O)N2CCC(C)CC2)c1. The zero-order valence-electron chi connectivity index (χ0n) is 13.1. The van der Waals surface area contributed by atoms with Crippen LogP contribution in [-0.4, -0.2) is 42.9 Å². The number of esters is 1. The number of rotatable bonds is 2. The summed E-state index contributed by atoms with van der Waals surface area (Å²) in [6.45, 7) is 3.27. The molecule has 1 aliphatic heterocycles. The maximum absolute atomic E-state index is 12.2. The van der Waals surface area contributed by atoms with Crippen LogP contribution in [-0.2, 0) is 14.3 Å². The number of ether oxygens (including phenoxy) is 1. The molecule has 23 heavy (non-hydrogen) atoms. The molecule has 1 heterocycles. The van der Waals surface area contributed by atoms with E-state index in [0.29, 0.717) is 19.0 Å². The van der Waals surface area contributed by atoms with Crippen LogP contribution in [0.4, 0.5) is 5.69 Å². The average Bonchev–Trinajstić information content (AvgIpc) is 2.56. The number of piperidine rings is 1. The van der Waals surface area contributed by atoms with Crippen molar-refractivity contribution in [3.05, 3.63) is 28.8 Å². The van der Waals surface area contributed by atoms with Crippen molar-refractivity contribution < 1.29 is 19.1 Å². The van der Waals surface area contributed by atoms with Crippen LogP contribution in [0, 0.1) is 5.92 Å². The summed E-state index contributed by atoms with van der Waals surface area (Å²) in [4.78, 5) is 37.4. The number of hydrogen-bond donors (Lipinski definition) is 1. The minimum absolute atomic E-state index is 0.207. The predicted octanol–water partition coefficient (Wildman–Crippen LogP) is 2.32. The molecule has 124 valence electrons. The number of carbonyl (C=O) groups is 3. The summed E-state index contributed by atoms with van der Waals surface area (Å²) in [7, 11) is 1.26. The number of hydrogen-bond acceptors (Lipinski definition) is 4. The van der Waals surface area contributed by atoms with E-state index in [1.165, 1.54) is 30.2 Å². The van der Waals surface area contributed by atoms with E-state index in [4.69, 9.17) is 11.6 Å². The third kappa shape index (κ3) is 4.22. The summed E-state index contributed by atoms with van der Waals surface area (Å²) in [6.07, 6.45) is 1.77. The lowest BCUT2D eigenvalue weighted by Crippen LogP contribution is -2.43. The Morgan fingerprint density at radius 3 is 2.52 bits per heavy atom.